The summed E-state index contributed by atoms with van der Waals surface area (Å²) in [5.41, 5.74) is 15.5. The molecule has 0 aromatic rings. The summed E-state index contributed by atoms with van der Waals surface area (Å²) in [4.78, 5) is 69.6. The minimum atomic E-state index is -1.49. The quantitative estimate of drug-likeness (QED) is 0.139. The van der Waals surface area contributed by atoms with E-state index >= 15 is 0 Å². The van der Waals surface area contributed by atoms with E-state index in [9.17, 15) is 33.9 Å². The number of carbonyl (C=O) groups is 6. The number of nitrogens with two attached hydrogens (primary N) is 3. The minimum absolute atomic E-state index is 0.255. The van der Waals surface area contributed by atoms with E-state index < -0.39 is 72.2 Å². The first-order valence-corrected chi connectivity index (χ1v) is 8.90. The Morgan fingerprint density at radius 2 is 1.37 bits per heavy atom. The summed E-state index contributed by atoms with van der Waals surface area (Å²) in [5, 5.41) is 24.9. The van der Waals surface area contributed by atoms with Gasteiger partial charge in [-0.2, -0.15) is 0 Å². The smallest absolute Gasteiger partial charge is 0.326 e. The molecule has 0 saturated heterocycles. The summed E-state index contributed by atoms with van der Waals surface area (Å²) in [6.45, 7) is 2.47. The Balaban J connectivity index is 5.08. The Bertz CT molecular complexity index is 683. The van der Waals surface area contributed by atoms with Crippen molar-refractivity contribution in [1.29, 1.82) is 0 Å². The second-order valence-corrected chi connectivity index (χ2v) is 6.63. The van der Waals surface area contributed by atoms with Gasteiger partial charge in [0.15, 0.2) is 0 Å². The Labute approximate surface area is 171 Å². The molecule has 30 heavy (non-hydrogen) atoms. The predicted molar refractivity (Wildman–Crippen MR) is 101 cm³/mol. The number of carboxylic acid groups (broad SMARTS) is 1. The number of aliphatic hydroxyl groups excluding tert-OH is 1. The lowest BCUT2D eigenvalue weighted by molar-refractivity contribution is -0.142. The molecule has 11 N–H and O–H groups in total. The number of nitrogens with one attached hydrogen (secondary N) is 3. The van der Waals surface area contributed by atoms with E-state index in [1.807, 2.05) is 0 Å². The van der Waals surface area contributed by atoms with Crippen LogP contribution in [0.15, 0.2) is 0 Å². The molecule has 14 nitrogen and oxygen atoms in total. The predicted octanol–water partition coefficient (Wildman–Crippen LogP) is -4.61. The van der Waals surface area contributed by atoms with Gasteiger partial charge in [0.05, 0.1) is 12.5 Å². The van der Waals surface area contributed by atoms with E-state index in [4.69, 9.17) is 22.3 Å². The lowest BCUT2D eigenvalue weighted by Crippen LogP contribution is -2.58. The molecular weight excluding hydrogens is 404 g/mol. The highest BCUT2D eigenvalue weighted by Crippen LogP contribution is 2.00. The molecule has 0 aromatic heterocycles. The fraction of sp³-hybridized carbons (Fsp3) is 0.625. The van der Waals surface area contributed by atoms with Crippen LogP contribution in [0, 0.1) is 0 Å². The second kappa shape index (κ2) is 12.3. The highest BCUT2D eigenvalue weighted by atomic mass is 16.4. The van der Waals surface area contributed by atoms with Gasteiger partial charge >= 0.3 is 5.97 Å². The summed E-state index contributed by atoms with van der Waals surface area (Å²) in [6.07, 6.45) is -2.39. The molecule has 0 rings (SSSR count). The fourth-order valence-electron chi connectivity index (χ4n) is 2.12. The fourth-order valence-corrected chi connectivity index (χ4v) is 2.12. The molecule has 0 saturated carbocycles. The number of carboxylic acids is 1. The van der Waals surface area contributed by atoms with Gasteiger partial charge in [0, 0.05) is 6.42 Å². The molecule has 0 aliphatic heterocycles. The third kappa shape index (κ3) is 9.79. The van der Waals surface area contributed by atoms with E-state index in [2.05, 4.69) is 16.0 Å². The maximum absolute atomic E-state index is 12.4. The van der Waals surface area contributed by atoms with Crippen molar-refractivity contribution >= 4 is 35.5 Å². The van der Waals surface area contributed by atoms with Crippen LogP contribution in [0.25, 0.3) is 0 Å². The molecule has 0 spiro atoms. The van der Waals surface area contributed by atoms with Gasteiger partial charge in [-0.25, -0.2) is 4.79 Å². The van der Waals surface area contributed by atoms with Crippen molar-refractivity contribution < 1.29 is 39.0 Å². The zero-order chi connectivity index (χ0) is 23.6. The van der Waals surface area contributed by atoms with Crippen molar-refractivity contribution in [3.8, 4) is 0 Å². The van der Waals surface area contributed by atoms with Crippen LogP contribution < -0.4 is 33.2 Å². The second-order valence-electron chi connectivity index (χ2n) is 6.63. The zero-order valence-corrected chi connectivity index (χ0v) is 16.6. The molecule has 0 aliphatic rings. The van der Waals surface area contributed by atoms with E-state index in [0.717, 1.165) is 0 Å². The molecule has 0 aliphatic carbocycles. The van der Waals surface area contributed by atoms with Gasteiger partial charge in [-0.15, -0.1) is 0 Å². The molecular formula is C16H28N6O8. The molecule has 0 bridgehead atoms. The lowest BCUT2D eigenvalue weighted by Gasteiger charge is -2.23. The Morgan fingerprint density at radius 3 is 1.80 bits per heavy atom. The Kier molecular flexibility index (Phi) is 11.0. The number of hydrogen-bond donors (Lipinski definition) is 8. The molecule has 5 unspecified atom stereocenters. The average Bonchev–Trinajstić information content (AvgIpc) is 2.62. The maximum Gasteiger partial charge on any atom is 0.326 e. The topological polar surface area (TPSA) is 257 Å². The molecule has 0 fully saturated rings. The third-order valence-corrected chi connectivity index (χ3v) is 3.91. The monoisotopic (exact) mass is 432 g/mol. The van der Waals surface area contributed by atoms with Crippen molar-refractivity contribution in [3.05, 3.63) is 0 Å². The zero-order valence-electron chi connectivity index (χ0n) is 16.6. The Hall–Kier alpha value is -3.26. The van der Waals surface area contributed by atoms with Gasteiger partial charge in [0.1, 0.15) is 24.2 Å². The average molecular weight is 432 g/mol. The summed E-state index contributed by atoms with van der Waals surface area (Å²) < 4.78 is 0. The summed E-state index contributed by atoms with van der Waals surface area (Å²) >= 11 is 0. The van der Waals surface area contributed by atoms with Crippen molar-refractivity contribution in [2.24, 2.45) is 17.2 Å². The third-order valence-electron chi connectivity index (χ3n) is 3.91. The van der Waals surface area contributed by atoms with Crippen molar-refractivity contribution in [1.82, 2.24) is 16.0 Å². The van der Waals surface area contributed by atoms with Gasteiger partial charge in [0.2, 0.25) is 29.5 Å². The minimum Gasteiger partial charge on any atom is -0.480 e. The van der Waals surface area contributed by atoms with E-state index in [-0.39, 0.29) is 12.8 Å². The molecule has 5 amide bonds. The number of hydrogen-bond acceptors (Lipinski definition) is 8. The molecule has 5 atom stereocenters. The number of aliphatic carboxylic acids is 1. The van der Waals surface area contributed by atoms with Crippen LogP contribution >= 0.6 is 0 Å². The first-order valence-electron chi connectivity index (χ1n) is 8.90. The molecule has 14 heteroatoms. The molecule has 0 radical (unpaired) electrons. The van der Waals surface area contributed by atoms with Crippen LogP contribution in [-0.2, 0) is 28.8 Å². The van der Waals surface area contributed by atoms with Crippen LogP contribution in [0.4, 0.5) is 0 Å². The van der Waals surface area contributed by atoms with Crippen LogP contribution in [0.3, 0.4) is 0 Å². The number of rotatable bonds is 13. The normalized spacial score (nSPS) is 15.6. The van der Waals surface area contributed by atoms with Gasteiger partial charge in [-0.1, -0.05) is 0 Å². The molecule has 0 aromatic carbocycles. The summed E-state index contributed by atoms with van der Waals surface area (Å²) in [7, 11) is 0. The van der Waals surface area contributed by atoms with Gasteiger partial charge in [0.25, 0.3) is 0 Å². The number of amides is 5. The Morgan fingerprint density at radius 1 is 0.833 bits per heavy atom. The number of aliphatic hydroxyl groups is 1. The van der Waals surface area contributed by atoms with E-state index in [1.54, 1.807) is 0 Å². The number of primary amides is 2. The van der Waals surface area contributed by atoms with Gasteiger partial charge in [-0.3, -0.25) is 24.0 Å². The standard InChI is InChI=1S/C16H28N6O8/c1-6(13(26)21-8(16(29)30)3-4-10(17)24)20-14(27)9(5-11(18)25)22-15(28)12(19)7(2)23/h6-9,12,23H,3-5,19H2,1-2H3,(H2,17,24)(H2,18,25)(H,20,27)(H,21,26)(H,22,28)(H,29,30). The van der Waals surface area contributed by atoms with Crippen molar-refractivity contribution in [2.45, 2.75) is 63.4 Å². The maximum atomic E-state index is 12.4. The first-order chi connectivity index (χ1) is 13.8. The van der Waals surface area contributed by atoms with Crippen LogP contribution in [-0.4, -0.2) is 76.0 Å². The van der Waals surface area contributed by atoms with Crippen LogP contribution in [0.2, 0.25) is 0 Å². The molecule has 0 heterocycles. The van der Waals surface area contributed by atoms with Crippen LogP contribution in [0.5, 0.6) is 0 Å². The highest BCUT2D eigenvalue weighted by Gasteiger charge is 2.30. The first kappa shape index (κ1) is 26.7. The van der Waals surface area contributed by atoms with E-state index in [0.29, 0.717) is 0 Å². The largest absolute Gasteiger partial charge is 0.480 e. The van der Waals surface area contributed by atoms with Crippen LogP contribution in [0.1, 0.15) is 33.1 Å². The summed E-state index contributed by atoms with van der Waals surface area (Å²) in [5.74, 6) is -5.89. The SMILES string of the molecule is CC(NC(=O)C(CC(N)=O)NC(=O)C(N)C(C)O)C(=O)NC(CCC(N)=O)C(=O)O. The lowest BCUT2D eigenvalue weighted by atomic mass is 10.1. The highest BCUT2D eigenvalue weighted by molar-refractivity contribution is 5.96. The van der Waals surface area contributed by atoms with Crippen molar-refractivity contribution in [2.75, 3.05) is 0 Å². The van der Waals surface area contributed by atoms with Gasteiger partial charge < -0.3 is 43.4 Å². The number of carbonyl (C=O) groups excluding carboxylic acids is 5. The van der Waals surface area contributed by atoms with E-state index in [1.165, 1.54) is 13.8 Å². The molecule has 170 valence electrons. The summed E-state index contributed by atoms with van der Waals surface area (Å²) in [6, 6.07) is -5.56. The van der Waals surface area contributed by atoms with Gasteiger partial charge in [-0.05, 0) is 20.3 Å². The van der Waals surface area contributed by atoms with Crippen molar-refractivity contribution in [3.63, 3.8) is 0 Å².